The Morgan fingerprint density at radius 2 is 1.81 bits per heavy atom. The van der Waals surface area contributed by atoms with Gasteiger partial charge in [0.1, 0.15) is 17.4 Å². The van der Waals surface area contributed by atoms with Crippen LogP contribution in [-0.2, 0) is 9.53 Å². The van der Waals surface area contributed by atoms with Gasteiger partial charge in [0.15, 0.2) is 0 Å². The van der Waals surface area contributed by atoms with Gasteiger partial charge in [0.05, 0.1) is 18.3 Å². The van der Waals surface area contributed by atoms with E-state index < -0.39 is 29.2 Å². The van der Waals surface area contributed by atoms with E-state index in [0.29, 0.717) is 22.6 Å². The highest BCUT2D eigenvalue weighted by Gasteiger charge is 2.21. The molecule has 1 amide bonds. The summed E-state index contributed by atoms with van der Waals surface area (Å²) in [5, 5.41) is 8.05. The first-order valence-electron chi connectivity index (χ1n) is 11.5. The first-order valence-corrected chi connectivity index (χ1v) is 11.5. The van der Waals surface area contributed by atoms with E-state index in [-0.39, 0.29) is 0 Å². The van der Waals surface area contributed by atoms with Crippen LogP contribution in [-0.4, -0.2) is 39.1 Å². The van der Waals surface area contributed by atoms with Gasteiger partial charge in [-0.1, -0.05) is 18.2 Å². The van der Waals surface area contributed by atoms with Crippen molar-refractivity contribution in [3.63, 3.8) is 0 Å². The molecule has 0 saturated carbocycles. The highest BCUT2D eigenvalue weighted by atomic mass is 16.6. The third-order valence-corrected chi connectivity index (χ3v) is 5.49. The van der Waals surface area contributed by atoms with Crippen LogP contribution < -0.4 is 15.6 Å². The SMILES string of the molecule is COc1cccc(-c2ccc(=O)n(C(C)C(=O)Nc3ccc4ccn(C(=O)OC(C)(C)C)c4c3)n2)c1. The number of nitrogens with one attached hydrogen (secondary N) is 1. The van der Waals surface area contributed by atoms with Crippen LogP contribution in [0.25, 0.3) is 22.2 Å². The second-order valence-electron chi connectivity index (χ2n) is 9.34. The minimum absolute atomic E-state index is 0.404. The largest absolute Gasteiger partial charge is 0.497 e. The van der Waals surface area contributed by atoms with Gasteiger partial charge in [0.25, 0.3) is 5.56 Å². The monoisotopic (exact) mass is 488 g/mol. The third kappa shape index (κ3) is 5.30. The molecule has 0 fully saturated rings. The van der Waals surface area contributed by atoms with E-state index in [9.17, 15) is 14.4 Å². The summed E-state index contributed by atoms with van der Waals surface area (Å²) in [6.45, 7) is 6.98. The number of anilines is 1. The number of amides is 1. The van der Waals surface area contributed by atoms with Gasteiger partial charge >= 0.3 is 6.09 Å². The molecular formula is C27H28N4O5. The lowest BCUT2D eigenvalue weighted by Gasteiger charge is -2.20. The molecule has 4 aromatic rings. The van der Waals surface area contributed by atoms with E-state index in [4.69, 9.17) is 9.47 Å². The van der Waals surface area contributed by atoms with Crippen molar-refractivity contribution < 1.29 is 19.1 Å². The molecule has 0 radical (unpaired) electrons. The zero-order valence-electron chi connectivity index (χ0n) is 20.8. The first kappa shape index (κ1) is 24.7. The lowest BCUT2D eigenvalue weighted by atomic mass is 10.1. The molecule has 0 spiro atoms. The number of fused-ring (bicyclic) bond motifs is 1. The Morgan fingerprint density at radius 1 is 1.03 bits per heavy atom. The van der Waals surface area contributed by atoms with Gasteiger partial charge in [-0.3, -0.25) is 14.2 Å². The minimum atomic E-state index is -0.892. The van der Waals surface area contributed by atoms with Crippen molar-refractivity contribution in [2.75, 3.05) is 12.4 Å². The van der Waals surface area contributed by atoms with Crippen molar-refractivity contribution in [1.82, 2.24) is 14.3 Å². The summed E-state index contributed by atoms with van der Waals surface area (Å²) in [4.78, 5) is 38.2. The molecule has 1 N–H and O–H groups in total. The molecule has 2 aromatic carbocycles. The molecular weight excluding hydrogens is 460 g/mol. The smallest absolute Gasteiger partial charge is 0.418 e. The molecule has 0 saturated heterocycles. The van der Waals surface area contributed by atoms with Crippen LogP contribution in [0.5, 0.6) is 5.75 Å². The highest BCUT2D eigenvalue weighted by molar-refractivity contribution is 5.97. The van der Waals surface area contributed by atoms with Crippen LogP contribution in [0.4, 0.5) is 10.5 Å². The average molecular weight is 489 g/mol. The number of ether oxygens (including phenoxy) is 2. The molecule has 0 bridgehead atoms. The Kier molecular flexibility index (Phi) is 6.65. The summed E-state index contributed by atoms with van der Waals surface area (Å²) in [5.41, 5.74) is 1.30. The van der Waals surface area contributed by atoms with Crippen LogP contribution >= 0.6 is 0 Å². The van der Waals surface area contributed by atoms with E-state index in [1.165, 1.54) is 10.6 Å². The minimum Gasteiger partial charge on any atom is -0.497 e. The average Bonchev–Trinajstić information content (AvgIpc) is 3.26. The van der Waals surface area contributed by atoms with Crippen LogP contribution in [0.2, 0.25) is 0 Å². The van der Waals surface area contributed by atoms with Gasteiger partial charge in [-0.2, -0.15) is 5.10 Å². The Hall–Kier alpha value is -4.40. The lowest BCUT2D eigenvalue weighted by Crippen LogP contribution is -2.33. The number of nitrogens with zero attached hydrogens (tertiary/aromatic N) is 3. The summed E-state index contributed by atoms with van der Waals surface area (Å²) in [6.07, 6.45) is 1.11. The number of hydrogen-bond acceptors (Lipinski definition) is 6. The Bertz CT molecular complexity index is 1500. The summed E-state index contributed by atoms with van der Waals surface area (Å²) in [5.74, 6) is 0.228. The van der Waals surface area contributed by atoms with E-state index in [1.807, 2.05) is 18.2 Å². The van der Waals surface area contributed by atoms with Gasteiger partial charge in [-0.15, -0.1) is 0 Å². The fourth-order valence-corrected chi connectivity index (χ4v) is 3.67. The predicted octanol–water partition coefficient (Wildman–Crippen LogP) is 4.86. The van der Waals surface area contributed by atoms with E-state index in [2.05, 4.69) is 10.4 Å². The third-order valence-electron chi connectivity index (χ3n) is 5.49. The molecule has 186 valence electrons. The van der Waals surface area contributed by atoms with Crippen molar-refractivity contribution in [2.24, 2.45) is 0 Å². The number of carbonyl (C=O) groups excluding carboxylic acids is 2. The summed E-state index contributed by atoms with van der Waals surface area (Å²) >= 11 is 0. The van der Waals surface area contributed by atoms with Gasteiger partial charge < -0.3 is 14.8 Å². The number of benzene rings is 2. The first-order chi connectivity index (χ1) is 17.1. The molecule has 1 atom stereocenters. The second-order valence-corrected chi connectivity index (χ2v) is 9.34. The van der Waals surface area contributed by atoms with E-state index in [1.54, 1.807) is 77.4 Å². The maximum atomic E-state index is 13.1. The van der Waals surface area contributed by atoms with Gasteiger partial charge in [0.2, 0.25) is 5.91 Å². The molecule has 2 heterocycles. The zero-order chi connectivity index (χ0) is 26.0. The molecule has 9 heteroatoms. The maximum Gasteiger partial charge on any atom is 0.418 e. The summed E-state index contributed by atoms with van der Waals surface area (Å²) in [6, 6.07) is 16.4. The fourth-order valence-electron chi connectivity index (χ4n) is 3.67. The van der Waals surface area contributed by atoms with Gasteiger partial charge in [-0.25, -0.2) is 9.48 Å². The maximum absolute atomic E-state index is 13.1. The van der Waals surface area contributed by atoms with Gasteiger partial charge in [-0.05, 0) is 64.1 Å². The van der Waals surface area contributed by atoms with E-state index in [0.717, 1.165) is 15.6 Å². The van der Waals surface area contributed by atoms with Crippen LogP contribution in [0.1, 0.15) is 33.7 Å². The molecule has 0 aliphatic rings. The predicted molar refractivity (Wildman–Crippen MR) is 137 cm³/mol. The highest BCUT2D eigenvalue weighted by Crippen LogP contribution is 2.24. The molecule has 2 aromatic heterocycles. The fraction of sp³-hybridized carbons (Fsp3) is 0.259. The van der Waals surface area contributed by atoms with Crippen molar-refractivity contribution in [3.8, 4) is 17.0 Å². The molecule has 36 heavy (non-hydrogen) atoms. The molecule has 0 aliphatic carbocycles. The zero-order valence-corrected chi connectivity index (χ0v) is 20.8. The number of rotatable bonds is 5. The molecule has 0 aliphatic heterocycles. The van der Waals surface area contributed by atoms with Crippen molar-refractivity contribution in [3.05, 3.63) is 77.2 Å². The Morgan fingerprint density at radius 3 is 2.53 bits per heavy atom. The normalized spacial score (nSPS) is 12.2. The number of carbonyl (C=O) groups is 2. The molecule has 9 nitrogen and oxygen atoms in total. The Balaban J connectivity index is 1.58. The summed E-state index contributed by atoms with van der Waals surface area (Å²) in [7, 11) is 1.57. The van der Waals surface area contributed by atoms with E-state index >= 15 is 0 Å². The van der Waals surface area contributed by atoms with Crippen molar-refractivity contribution in [2.45, 2.75) is 39.3 Å². The van der Waals surface area contributed by atoms with Crippen LogP contribution in [0.3, 0.4) is 0 Å². The quantitative estimate of drug-likeness (QED) is 0.430. The topological polar surface area (TPSA) is 104 Å². The number of methoxy groups -OCH3 is 1. The van der Waals surface area contributed by atoms with Crippen LogP contribution in [0, 0.1) is 0 Å². The molecule has 4 rings (SSSR count). The number of aromatic nitrogens is 3. The van der Waals surface area contributed by atoms with Crippen LogP contribution in [0.15, 0.2) is 71.7 Å². The number of hydrogen-bond donors (Lipinski definition) is 1. The second kappa shape index (κ2) is 9.69. The van der Waals surface area contributed by atoms with Crippen molar-refractivity contribution in [1.29, 1.82) is 0 Å². The lowest BCUT2D eigenvalue weighted by molar-refractivity contribution is -0.119. The standard InChI is InChI=1S/C27H28N4O5/c1-17(31-24(32)12-11-22(29-31)19-7-6-8-21(15-19)35-5)25(33)28-20-10-9-18-13-14-30(23(18)16-20)26(34)36-27(2,3)4/h6-17H,1-5H3,(H,28,33). The summed E-state index contributed by atoms with van der Waals surface area (Å²) < 4.78 is 13.3. The molecule has 1 unspecified atom stereocenters. The van der Waals surface area contributed by atoms with Crippen molar-refractivity contribution >= 4 is 28.6 Å². The van der Waals surface area contributed by atoms with Gasteiger partial charge in [0, 0.05) is 28.9 Å². The Labute approximate surface area is 208 Å².